The number of hydrogen-bond acceptors (Lipinski definition) is 3. The fraction of sp³-hybridized carbons (Fsp3) is 0.208. The Bertz CT molecular complexity index is 1130. The zero-order valence-electron chi connectivity index (χ0n) is 16.9. The summed E-state index contributed by atoms with van der Waals surface area (Å²) in [6.45, 7) is 1.38. The number of hydrogen-bond donors (Lipinski definition) is 1. The first-order valence-corrected chi connectivity index (χ1v) is 12.0. The first kappa shape index (κ1) is 23.4. The van der Waals surface area contributed by atoms with Gasteiger partial charge in [0, 0.05) is 39.7 Å². The Kier molecular flexibility index (Phi) is 7.33. The summed E-state index contributed by atoms with van der Waals surface area (Å²) in [5.41, 5.74) is 2.38. The van der Waals surface area contributed by atoms with Gasteiger partial charge in [-0.15, -0.1) is 0 Å². The van der Waals surface area contributed by atoms with Crippen LogP contribution in [0.3, 0.4) is 0 Å². The molecule has 1 amide bonds. The SMILES string of the molecule is O=C(C(O)c1ccccc1Br)N1CCN(c2ccc(Cl)cc2Cl)[C@H](c2ccc(Cl)cc2)C1. The van der Waals surface area contributed by atoms with E-state index >= 15 is 0 Å². The van der Waals surface area contributed by atoms with Crippen molar-refractivity contribution in [2.45, 2.75) is 12.1 Å². The number of halogens is 4. The number of carbonyl (C=O) groups is 1. The molecule has 0 aromatic heterocycles. The molecule has 0 radical (unpaired) electrons. The molecular formula is C24H20BrCl3N2O2. The van der Waals surface area contributed by atoms with Gasteiger partial charge in [0.25, 0.3) is 5.91 Å². The van der Waals surface area contributed by atoms with Crippen LogP contribution in [0, 0.1) is 0 Å². The third-order valence-corrected chi connectivity index (χ3v) is 7.11. The van der Waals surface area contributed by atoms with Crippen LogP contribution in [0.25, 0.3) is 0 Å². The second-order valence-electron chi connectivity index (χ2n) is 7.56. The van der Waals surface area contributed by atoms with Crippen LogP contribution in [0.5, 0.6) is 0 Å². The van der Waals surface area contributed by atoms with Crippen molar-refractivity contribution in [3.8, 4) is 0 Å². The second kappa shape index (κ2) is 10.0. The fourth-order valence-corrected chi connectivity index (χ4v) is 5.10. The summed E-state index contributed by atoms with van der Waals surface area (Å²) in [7, 11) is 0. The highest BCUT2D eigenvalue weighted by atomic mass is 79.9. The lowest BCUT2D eigenvalue weighted by Gasteiger charge is -2.44. The molecule has 3 aromatic carbocycles. The van der Waals surface area contributed by atoms with Crippen LogP contribution < -0.4 is 4.90 Å². The van der Waals surface area contributed by atoms with E-state index in [9.17, 15) is 9.90 Å². The lowest BCUT2D eigenvalue weighted by Crippen LogP contribution is -2.51. The number of amides is 1. The maximum Gasteiger partial charge on any atom is 0.256 e. The average Bonchev–Trinajstić information content (AvgIpc) is 2.79. The third kappa shape index (κ3) is 4.92. The highest BCUT2D eigenvalue weighted by Gasteiger charge is 2.34. The summed E-state index contributed by atoms with van der Waals surface area (Å²) in [4.78, 5) is 17.1. The van der Waals surface area contributed by atoms with Crippen LogP contribution in [0.2, 0.25) is 15.1 Å². The average molecular weight is 555 g/mol. The Morgan fingerprint density at radius 1 is 0.969 bits per heavy atom. The number of nitrogens with zero attached hydrogens (tertiary/aromatic N) is 2. The first-order valence-electron chi connectivity index (χ1n) is 10.0. The van der Waals surface area contributed by atoms with E-state index in [0.717, 1.165) is 11.3 Å². The lowest BCUT2D eigenvalue weighted by molar-refractivity contribution is -0.141. The number of aliphatic hydroxyl groups is 1. The fourth-order valence-electron chi connectivity index (χ4n) is 3.96. The molecule has 1 N–H and O–H groups in total. The molecule has 0 bridgehead atoms. The number of anilines is 1. The van der Waals surface area contributed by atoms with Gasteiger partial charge < -0.3 is 14.9 Å². The van der Waals surface area contributed by atoms with Crippen molar-refractivity contribution >= 4 is 62.3 Å². The van der Waals surface area contributed by atoms with E-state index in [1.165, 1.54) is 0 Å². The molecule has 32 heavy (non-hydrogen) atoms. The highest BCUT2D eigenvalue weighted by Crippen LogP contribution is 2.37. The molecule has 3 aromatic rings. The molecule has 1 heterocycles. The summed E-state index contributed by atoms with van der Waals surface area (Å²) < 4.78 is 0.696. The minimum absolute atomic E-state index is 0.171. The zero-order valence-corrected chi connectivity index (χ0v) is 20.7. The minimum atomic E-state index is -1.25. The van der Waals surface area contributed by atoms with Crippen molar-refractivity contribution in [2.75, 3.05) is 24.5 Å². The van der Waals surface area contributed by atoms with Gasteiger partial charge in [0.05, 0.1) is 16.8 Å². The molecule has 1 aliphatic rings. The number of rotatable bonds is 4. The minimum Gasteiger partial charge on any atom is -0.378 e. The molecular weight excluding hydrogens is 535 g/mol. The summed E-state index contributed by atoms with van der Waals surface area (Å²) in [6, 6.07) is 20.0. The predicted molar refractivity (Wildman–Crippen MR) is 134 cm³/mol. The summed E-state index contributed by atoms with van der Waals surface area (Å²) >= 11 is 22.1. The van der Waals surface area contributed by atoms with E-state index in [1.807, 2.05) is 42.5 Å². The number of aliphatic hydroxyl groups excluding tert-OH is 1. The number of carbonyl (C=O) groups excluding carboxylic acids is 1. The molecule has 2 atom stereocenters. The quantitative estimate of drug-likeness (QED) is 0.399. The molecule has 1 aliphatic heterocycles. The van der Waals surface area contributed by atoms with Gasteiger partial charge in [0.1, 0.15) is 0 Å². The van der Waals surface area contributed by atoms with Gasteiger partial charge in [-0.3, -0.25) is 4.79 Å². The van der Waals surface area contributed by atoms with Crippen LogP contribution in [0.15, 0.2) is 71.2 Å². The Hall–Kier alpha value is -1.76. The third-order valence-electron chi connectivity index (χ3n) is 5.60. The Balaban J connectivity index is 1.65. The molecule has 0 saturated carbocycles. The normalized spacial score (nSPS) is 17.3. The van der Waals surface area contributed by atoms with Crippen LogP contribution >= 0.6 is 50.7 Å². The van der Waals surface area contributed by atoms with Crippen molar-refractivity contribution in [3.63, 3.8) is 0 Å². The van der Waals surface area contributed by atoms with Gasteiger partial charge in [-0.2, -0.15) is 0 Å². The maximum absolute atomic E-state index is 13.2. The summed E-state index contributed by atoms with van der Waals surface area (Å²) in [6.07, 6.45) is -1.25. The van der Waals surface area contributed by atoms with Gasteiger partial charge >= 0.3 is 0 Å². The molecule has 4 nitrogen and oxygen atoms in total. The smallest absolute Gasteiger partial charge is 0.256 e. The monoisotopic (exact) mass is 552 g/mol. The Morgan fingerprint density at radius 3 is 2.34 bits per heavy atom. The molecule has 1 saturated heterocycles. The lowest BCUT2D eigenvalue weighted by atomic mass is 10.00. The van der Waals surface area contributed by atoms with Gasteiger partial charge in [-0.25, -0.2) is 0 Å². The van der Waals surface area contributed by atoms with Gasteiger partial charge in [0.15, 0.2) is 6.10 Å². The van der Waals surface area contributed by atoms with Crippen molar-refractivity contribution in [2.24, 2.45) is 0 Å². The molecule has 166 valence electrons. The zero-order chi connectivity index (χ0) is 22.8. The van der Waals surface area contributed by atoms with Gasteiger partial charge in [-0.1, -0.05) is 81.1 Å². The van der Waals surface area contributed by atoms with E-state index in [1.54, 1.807) is 29.2 Å². The van der Waals surface area contributed by atoms with Gasteiger partial charge in [0.2, 0.25) is 0 Å². The highest BCUT2D eigenvalue weighted by molar-refractivity contribution is 9.10. The number of benzene rings is 3. The van der Waals surface area contributed by atoms with Crippen LogP contribution in [0.4, 0.5) is 5.69 Å². The summed E-state index contributed by atoms with van der Waals surface area (Å²) in [5.74, 6) is -0.335. The topological polar surface area (TPSA) is 43.8 Å². The largest absolute Gasteiger partial charge is 0.378 e. The standard InChI is InChI=1S/C24H20BrCl3N2O2/c25-19-4-2-1-3-18(19)23(31)24(32)29-11-12-30(21-10-9-17(27)13-20(21)28)22(14-29)15-5-7-16(26)8-6-15/h1-10,13,22-23,31H,11-12,14H2/t22-,23?/m0/s1. The van der Waals surface area contributed by atoms with Crippen molar-refractivity contribution in [1.29, 1.82) is 0 Å². The van der Waals surface area contributed by atoms with Crippen molar-refractivity contribution < 1.29 is 9.90 Å². The second-order valence-corrected chi connectivity index (χ2v) is 9.70. The van der Waals surface area contributed by atoms with Crippen LogP contribution in [-0.2, 0) is 4.79 Å². The Morgan fingerprint density at radius 2 is 1.66 bits per heavy atom. The van der Waals surface area contributed by atoms with Gasteiger partial charge in [-0.05, 0) is 42.0 Å². The van der Waals surface area contributed by atoms with E-state index in [4.69, 9.17) is 34.8 Å². The molecule has 4 rings (SSSR count). The predicted octanol–water partition coefficient (Wildman–Crippen LogP) is 6.53. The molecule has 1 unspecified atom stereocenters. The van der Waals surface area contributed by atoms with E-state index in [-0.39, 0.29) is 11.9 Å². The Labute approximate surface area is 210 Å². The first-order chi connectivity index (χ1) is 15.3. The van der Waals surface area contributed by atoms with Crippen LogP contribution in [0.1, 0.15) is 23.3 Å². The van der Waals surface area contributed by atoms with Crippen molar-refractivity contribution in [3.05, 3.63) is 97.4 Å². The molecule has 1 fully saturated rings. The summed E-state index contributed by atoms with van der Waals surface area (Å²) in [5, 5.41) is 12.5. The van der Waals surface area contributed by atoms with E-state index in [0.29, 0.717) is 44.7 Å². The van der Waals surface area contributed by atoms with Crippen molar-refractivity contribution in [1.82, 2.24) is 4.90 Å². The molecule has 8 heteroatoms. The van der Waals surface area contributed by atoms with E-state index < -0.39 is 6.10 Å². The van der Waals surface area contributed by atoms with Crippen LogP contribution in [-0.4, -0.2) is 35.5 Å². The maximum atomic E-state index is 13.2. The molecule has 0 aliphatic carbocycles. The van der Waals surface area contributed by atoms with E-state index in [2.05, 4.69) is 20.8 Å². The molecule has 0 spiro atoms. The number of piperazine rings is 1.